The van der Waals surface area contributed by atoms with Crippen LogP contribution in [0.4, 0.5) is 4.79 Å². The van der Waals surface area contributed by atoms with E-state index in [1.54, 1.807) is 9.58 Å². The zero-order valence-electron chi connectivity index (χ0n) is 14.0. The van der Waals surface area contributed by atoms with Crippen LogP contribution in [0.15, 0.2) is 0 Å². The third-order valence-electron chi connectivity index (χ3n) is 4.72. The van der Waals surface area contributed by atoms with Gasteiger partial charge in [-0.3, -0.25) is 4.68 Å². The molecule has 2 N–H and O–H groups in total. The topological polar surface area (TPSA) is 96.7 Å². The van der Waals surface area contributed by atoms with Gasteiger partial charge in [0.1, 0.15) is 0 Å². The second-order valence-electron chi connectivity index (χ2n) is 6.24. The Morgan fingerprint density at radius 2 is 2.33 bits per heavy atom. The molecule has 132 valence electrons. The van der Waals surface area contributed by atoms with Crippen molar-refractivity contribution >= 4 is 12.1 Å². The van der Waals surface area contributed by atoms with Crippen molar-refractivity contribution in [3.05, 3.63) is 17.0 Å². The molecule has 3 rings (SSSR count). The lowest BCUT2D eigenvalue weighted by Gasteiger charge is -2.28. The average Bonchev–Trinajstić information content (AvgIpc) is 2.95. The van der Waals surface area contributed by atoms with E-state index in [9.17, 15) is 14.7 Å². The molecule has 0 aromatic carbocycles. The third kappa shape index (κ3) is 3.38. The van der Waals surface area contributed by atoms with Crippen LogP contribution in [0.3, 0.4) is 0 Å². The molecule has 1 aromatic heterocycles. The number of cyclic esters (lactones) is 1. The maximum Gasteiger partial charge on any atom is 0.409 e. The van der Waals surface area contributed by atoms with E-state index in [-0.39, 0.29) is 17.8 Å². The summed E-state index contributed by atoms with van der Waals surface area (Å²) >= 11 is 0. The number of hydrogen-bond acceptors (Lipinski definition) is 5. The van der Waals surface area contributed by atoms with Crippen LogP contribution >= 0.6 is 0 Å². The van der Waals surface area contributed by atoms with E-state index in [1.807, 2.05) is 6.92 Å². The Morgan fingerprint density at radius 1 is 1.50 bits per heavy atom. The fourth-order valence-corrected chi connectivity index (χ4v) is 3.50. The largest absolute Gasteiger partial charge is 0.476 e. The minimum atomic E-state index is -0.963. The number of amides is 1. The van der Waals surface area contributed by atoms with Crippen molar-refractivity contribution in [1.82, 2.24) is 20.0 Å². The summed E-state index contributed by atoms with van der Waals surface area (Å²) in [5.41, 5.74) is 2.08. The molecule has 1 amide bonds. The molecule has 2 aliphatic rings. The fraction of sp³-hybridized carbons (Fsp3) is 0.688. The fourth-order valence-electron chi connectivity index (χ4n) is 3.50. The Hall–Kier alpha value is -2.09. The average molecular weight is 336 g/mol. The number of carbonyl (C=O) groups is 2. The number of nitrogens with zero attached hydrogens (tertiary/aromatic N) is 3. The van der Waals surface area contributed by atoms with E-state index in [4.69, 9.17) is 4.74 Å². The Morgan fingerprint density at radius 3 is 3.04 bits per heavy atom. The minimum absolute atomic E-state index is 0.179. The number of aromatic carboxylic acids is 1. The van der Waals surface area contributed by atoms with E-state index >= 15 is 0 Å². The Labute approximate surface area is 140 Å². The number of carboxylic acid groups (broad SMARTS) is 1. The first-order valence-corrected chi connectivity index (χ1v) is 8.57. The first-order chi connectivity index (χ1) is 11.6. The summed E-state index contributed by atoms with van der Waals surface area (Å²) in [6, 6.07) is 0.214. The second-order valence-corrected chi connectivity index (χ2v) is 6.24. The van der Waals surface area contributed by atoms with Crippen molar-refractivity contribution in [2.45, 2.75) is 45.2 Å². The number of nitrogens with one attached hydrogen (secondary N) is 1. The highest BCUT2D eigenvalue weighted by Gasteiger charge is 2.28. The summed E-state index contributed by atoms with van der Waals surface area (Å²) in [5.74, 6) is -0.963. The molecule has 1 atom stereocenters. The van der Waals surface area contributed by atoms with E-state index < -0.39 is 5.97 Å². The first kappa shape index (κ1) is 16.8. The van der Waals surface area contributed by atoms with Gasteiger partial charge in [0.05, 0.1) is 6.61 Å². The van der Waals surface area contributed by atoms with Crippen LogP contribution < -0.4 is 5.32 Å². The van der Waals surface area contributed by atoms with Gasteiger partial charge in [-0.15, -0.1) is 0 Å². The van der Waals surface area contributed by atoms with Gasteiger partial charge in [0.15, 0.2) is 5.69 Å². The van der Waals surface area contributed by atoms with Crippen molar-refractivity contribution in [2.75, 3.05) is 26.2 Å². The summed E-state index contributed by atoms with van der Waals surface area (Å²) in [6.07, 6.45) is 3.07. The normalized spacial score (nSPS) is 20.6. The van der Waals surface area contributed by atoms with Gasteiger partial charge in [0.2, 0.25) is 0 Å². The number of carboxylic acids is 1. The lowest BCUT2D eigenvalue weighted by atomic mass is 9.91. The summed E-state index contributed by atoms with van der Waals surface area (Å²) in [5, 5.41) is 17.0. The van der Waals surface area contributed by atoms with Crippen molar-refractivity contribution < 1.29 is 19.4 Å². The molecule has 1 aliphatic heterocycles. The van der Waals surface area contributed by atoms with E-state index in [2.05, 4.69) is 10.4 Å². The molecule has 1 fully saturated rings. The first-order valence-electron chi connectivity index (χ1n) is 8.57. The maximum absolute atomic E-state index is 11.6. The summed E-state index contributed by atoms with van der Waals surface area (Å²) in [6.45, 7) is 5.20. The van der Waals surface area contributed by atoms with E-state index in [0.717, 1.165) is 37.1 Å². The third-order valence-corrected chi connectivity index (χ3v) is 4.72. The molecule has 0 spiro atoms. The van der Waals surface area contributed by atoms with Crippen LogP contribution in [0, 0.1) is 0 Å². The van der Waals surface area contributed by atoms with Gasteiger partial charge in [0.25, 0.3) is 0 Å². The molecule has 2 heterocycles. The number of aryl methyl sites for hydroxylation is 1. The number of rotatable bonds is 6. The number of carbonyl (C=O) groups excluding carboxylic acids is 1. The van der Waals surface area contributed by atoms with Crippen LogP contribution in [0.5, 0.6) is 0 Å². The van der Waals surface area contributed by atoms with Gasteiger partial charge in [-0.2, -0.15) is 5.10 Å². The molecule has 1 saturated heterocycles. The molecular weight excluding hydrogens is 312 g/mol. The molecule has 8 nitrogen and oxygen atoms in total. The number of aromatic nitrogens is 2. The van der Waals surface area contributed by atoms with Crippen LogP contribution in [-0.2, 0) is 24.1 Å². The van der Waals surface area contributed by atoms with Gasteiger partial charge in [0, 0.05) is 43.5 Å². The predicted octanol–water partition coefficient (Wildman–Crippen LogP) is 0.890. The van der Waals surface area contributed by atoms with Crippen LogP contribution in [0.1, 0.15) is 41.5 Å². The molecular formula is C16H24N4O4. The molecule has 0 bridgehead atoms. The van der Waals surface area contributed by atoms with Crippen molar-refractivity contribution in [1.29, 1.82) is 0 Å². The van der Waals surface area contributed by atoms with Crippen LogP contribution in [-0.4, -0.2) is 64.1 Å². The summed E-state index contributed by atoms with van der Waals surface area (Å²) in [4.78, 5) is 24.7. The highest BCUT2D eigenvalue weighted by molar-refractivity contribution is 5.87. The van der Waals surface area contributed by atoms with Crippen LogP contribution in [0.2, 0.25) is 0 Å². The van der Waals surface area contributed by atoms with Crippen molar-refractivity contribution in [3.8, 4) is 0 Å². The molecule has 1 aromatic rings. The minimum Gasteiger partial charge on any atom is -0.476 e. The monoisotopic (exact) mass is 336 g/mol. The quantitative estimate of drug-likeness (QED) is 0.801. The van der Waals surface area contributed by atoms with E-state index in [0.29, 0.717) is 32.7 Å². The lowest BCUT2D eigenvalue weighted by molar-refractivity contribution is 0.0685. The van der Waals surface area contributed by atoms with Gasteiger partial charge in [-0.25, -0.2) is 9.59 Å². The Kier molecular flexibility index (Phi) is 5.03. The molecule has 1 aliphatic carbocycles. The standard InChI is InChI=1S/C16H24N4O4/c1-2-20-13-5-4-11(10-12(13)14(18-20)15(21)22)17-6-8-19-7-3-9-24-16(19)23/h11,17H,2-10H2,1H3,(H,21,22). The van der Waals surface area contributed by atoms with Crippen molar-refractivity contribution in [2.24, 2.45) is 0 Å². The number of hydrogen-bond donors (Lipinski definition) is 2. The lowest BCUT2D eigenvalue weighted by Crippen LogP contribution is -2.44. The zero-order valence-corrected chi connectivity index (χ0v) is 14.0. The SMILES string of the molecule is CCn1nc(C(=O)O)c2c1CCC(NCCN1CCCOC1=O)C2. The highest BCUT2D eigenvalue weighted by Crippen LogP contribution is 2.25. The van der Waals surface area contributed by atoms with Gasteiger partial charge >= 0.3 is 12.1 Å². The van der Waals surface area contributed by atoms with Gasteiger partial charge in [-0.05, 0) is 32.6 Å². The zero-order chi connectivity index (χ0) is 17.1. The summed E-state index contributed by atoms with van der Waals surface area (Å²) < 4.78 is 6.82. The summed E-state index contributed by atoms with van der Waals surface area (Å²) in [7, 11) is 0. The van der Waals surface area contributed by atoms with Crippen molar-refractivity contribution in [3.63, 3.8) is 0 Å². The second kappa shape index (κ2) is 7.21. The maximum atomic E-state index is 11.6. The predicted molar refractivity (Wildman–Crippen MR) is 86.2 cm³/mol. The van der Waals surface area contributed by atoms with Crippen LogP contribution in [0.25, 0.3) is 0 Å². The molecule has 1 unspecified atom stereocenters. The number of ether oxygens (including phenoxy) is 1. The highest BCUT2D eigenvalue weighted by atomic mass is 16.6. The molecule has 0 saturated carbocycles. The smallest absolute Gasteiger partial charge is 0.409 e. The van der Waals surface area contributed by atoms with Gasteiger partial charge < -0.3 is 20.1 Å². The van der Waals surface area contributed by atoms with Gasteiger partial charge in [-0.1, -0.05) is 0 Å². The molecule has 0 radical (unpaired) electrons. The molecule has 8 heteroatoms. The number of fused-ring (bicyclic) bond motifs is 1. The molecule has 24 heavy (non-hydrogen) atoms. The Balaban J connectivity index is 1.58. The Bertz CT molecular complexity index is 628. The van der Waals surface area contributed by atoms with E-state index in [1.165, 1.54) is 0 Å².